The molecular formula is C20H17ClN6OS. The molecule has 0 fully saturated rings. The monoisotopic (exact) mass is 424 g/mol. The topological polar surface area (TPSA) is 85.6 Å². The molecule has 7 nitrogen and oxygen atoms in total. The molecule has 2 aromatic heterocycles. The van der Waals surface area contributed by atoms with Crippen molar-refractivity contribution in [3.05, 3.63) is 70.4 Å². The molecule has 1 amide bonds. The van der Waals surface area contributed by atoms with Gasteiger partial charge in [-0.15, -0.1) is 5.10 Å². The summed E-state index contributed by atoms with van der Waals surface area (Å²) in [6.45, 7) is 4.02. The fraction of sp³-hybridized carbons (Fsp3) is 0.150. The number of carbonyl (C=O) groups is 1. The summed E-state index contributed by atoms with van der Waals surface area (Å²) in [4.78, 5) is 16.8. The number of hydrogen-bond acceptors (Lipinski definition) is 6. The third kappa shape index (κ3) is 3.90. The molecular weight excluding hydrogens is 408 g/mol. The molecule has 0 aliphatic heterocycles. The molecule has 4 rings (SSSR count). The maximum Gasteiger partial charge on any atom is 0.257 e. The van der Waals surface area contributed by atoms with Crippen molar-refractivity contribution < 1.29 is 4.79 Å². The van der Waals surface area contributed by atoms with E-state index in [9.17, 15) is 4.79 Å². The molecule has 0 atom stereocenters. The van der Waals surface area contributed by atoms with E-state index in [2.05, 4.69) is 38.0 Å². The molecule has 2 aromatic carbocycles. The van der Waals surface area contributed by atoms with Crippen LogP contribution in [0.1, 0.15) is 28.5 Å². The number of rotatable bonds is 5. The molecule has 0 radical (unpaired) electrons. The molecule has 146 valence electrons. The quantitative estimate of drug-likeness (QED) is 0.507. The van der Waals surface area contributed by atoms with E-state index in [1.807, 2.05) is 25.1 Å². The van der Waals surface area contributed by atoms with Crippen LogP contribution in [-0.4, -0.2) is 30.3 Å². The lowest BCUT2D eigenvalue weighted by atomic mass is 10.1. The van der Waals surface area contributed by atoms with Gasteiger partial charge in [-0.25, -0.2) is 4.68 Å². The number of carbonyl (C=O) groups excluding carboxylic acids is 1. The second-order valence-corrected chi connectivity index (χ2v) is 7.49. The predicted molar refractivity (Wildman–Crippen MR) is 114 cm³/mol. The number of benzene rings is 2. The Labute approximate surface area is 176 Å². The van der Waals surface area contributed by atoms with E-state index < -0.39 is 0 Å². The minimum absolute atomic E-state index is 0.299. The Balaban J connectivity index is 1.59. The number of nitrogens with one attached hydrogen (secondary N) is 1. The van der Waals surface area contributed by atoms with Crippen molar-refractivity contribution in [2.45, 2.75) is 20.3 Å². The van der Waals surface area contributed by atoms with Crippen molar-refractivity contribution in [1.82, 2.24) is 24.4 Å². The van der Waals surface area contributed by atoms with Gasteiger partial charge in [0.15, 0.2) is 11.5 Å². The Morgan fingerprint density at radius 1 is 1.21 bits per heavy atom. The summed E-state index contributed by atoms with van der Waals surface area (Å²) in [5, 5.41) is 12.2. The first-order valence-corrected chi connectivity index (χ1v) is 10.1. The number of aryl methyl sites for hydroxylation is 1. The number of aromatic nitrogens is 5. The summed E-state index contributed by atoms with van der Waals surface area (Å²) in [7, 11) is 0. The molecule has 0 aliphatic carbocycles. The maximum atomic E-state index is 12.4. The summed E-state index contributed by atoms with van der Waals surface area (Å²) in [6, 6.07) is 14.8. The Bertz CT molecular complexity index is 1190. The predicted octanol–water partition coefficient (Wildman–Crippen LogP) is 4.56. The fourth-order valence-corrected chi connectivity index (χ4v) is 3.71. The Hall–Kier alpha value is -3.10. The molecule has 2 heterocycles. The van der Waals surface area contributed by atoms with Crippen LogP contribution in [0.2, 0.25) is 5.02 Å². The van der Waals surface area contributed by atoms with Crippen LogP contribution in [0.25, 0.3) is 17.2 Å². The largest absolute Gasteiger partial charge is 0.297 e. The van der Waals surface area contributed by atoms with Gasteiger partial charge in [0.25, 0.3) is 5.91 Å². The van der Waals surface area contributed by atoms with Gasteiger partial charge in [0.05, 0.1) is 11.4 Å². The average Bonchev–Trinajstić information content (AvgIpc) is 3.34. The summed E-state index contributed by atoms with van der Waals surface area (Å²) in [5.41, 5.74) is 4.02. The van der Waals surface area contributed by atoms with Crippen LogP contribution >= 0.6 is 23.1 Å². The normalized spacial score (nSPS) is 10.9. The first kappa shape index (κ1) is 19.2. The highest BCUT2D eigenvalue weighted by atomic mass is 35.5. The van der Waals surface area contributed by atoms with Gasteiger partial charge in [-0.2, -0.15) is 9.36 Å². The number of amides is 1. The van der Waals surface area contributed by atoms with E-state index >= 15 is 0 Å². The Kier molecular flexibility index (Phi) is 5.37. The minimum atomic E-state index is -0.299. The smallest absolute Gasteiger partial charge is 0.257 e. The van der Waals surface area contributed by atoms with Gasteiger partial charge in [0, 0.05) is 22.1 Å². The molecule has 4 aromatic rings. The second kappa shape index (κ2) is 8.10. The number of nitrogens with zero attached hydrogens (tertiary/aromatic N) is 5. The third-order valence-corrected chi connectivity index (χ3v) is 5.31. The summed E-state index contributed by atoms with van der Waals surface area (Å²) >= 11 is 7.03. The van der Waals surface area contributed by atoms with Crippen molar-refractivity contribution in [3.63, 3.8) is 0 Å². The minimum Gasteiger partial charge on any atom is -0.297 e. The van der Waals surface area contributed by atoms with Crippen LogP contribution in [0.4, 0.5) is 5.13 Å². The van der Waals surface area contributed by atoms with Crippen LogP contribution in [0, 0.1) is 6.92 Å². The molecule has 0 aliphatic rings. The van der Waals surface area contributed by atoms with Crippen molar-refractivity contribution in [2.75, 3.05) is 5.32 Å². The number of anilines is 1. The van der Waals surface area contributed by atoms with Crippen molar-refractivity contribution in [1.29, 1.82) is 0 Å². The highest BCUT2D eigenvalue weighted by Crippen LogP contribution is 2.25. The molecule has 0 spiro atoms. The fourth-order valence-electron chi connectivity index (χ4n) is 2.95. The highest BCUT2D eigenvalue weighted by molar-refractivity contribution is 7.10. The van der Waals surface area contributed by atoms with Gasteiger partial charge in [0.2, 0.25) is 5.13 Å². The summed E-state index contributed by atoms with van der Waals surface area (Å²) in [6.07, 6.45) is 0.888. The first-order valence-electron chi connectivity index (χ1n) is 8.98. The highest BCUT2D eigenvalue weighted by Gasteiger charge is 2.18. The lowest BCUT2D eigenvalue weighted by Gasteiger charge is -2.08. The Morgan fingerprint density at radius 3 is 2.83 bits per heavy atom. The van der Waals surface area contributed by atoms with E-state index in [0.717, 1.165) is 29.3 Å². The van der Waals surface area contributed by atoms with E-state index in [1.54, 1.807) is 28.9 Å². The van der Waals surface area contributed by atoms with Gasteiger partial charge < -0.3 is 0 Å². The lowest BCUT2D eigenvalue weighted by Crippen LogP contribution is -2.11. The van der Waals surface area contributed by atoms with Crippen LogP contribution in [0.15, 0.2) is 48.5 Å². The summed E-state index contributed by atoms with van der Waals surface area (Å²) < 4.78 is 6.13. The molecule has 0 saturated heterocycles. The average molecular weight is 425 g/mol. The zero-order valence-corrected chi connectivity index (χ0v) is 17.3. The van der Waals surface area contributed by atoms with Gasteiger partial charge in [-0.3, -0.25) is 10.1 Å². The van der Waals surface area contributed by atoms with Crippen molar-refractivity contribution in [3.8, 4) is 17.2 Å². The van der Waals surface area contributed by atoms with Gasteiger partial charge in [0.1, 0.15) is 0 Å². The van der Waals surface area contributed by atoms with Crippen LogP contribution < -0.4 is 5.32 Å². The van der Waals surface area contributed by atoms with Gasteiger partial charge >= 0.3 is 0 Å². The molecule has 9 heteroatoms. The SMILES string of the molecule is CCc1ccccc1-n1nnc(-c2nsc(NC(=O)c3cccc(Cl)c3)n2)c1C. The molecule has 1 N–H and O–H groups in total. The number of halogens is 1. The van der Waals surface area contributed by atoms with E-state index in [4.69, 9.17) is 11.6 Å². The van der Waals surface area contributed by atoms with Crippen LogP contribution in [0.3, 0.4) is 0 Å². The number of hydrogen-bond donors (Lipinski definition) is 1. The van der Waals surface area contributed by atoms with E-state index in [0.29, 0.717) is 27.2 Å². The molecule has 0 unspecified atom stereocenters. The first-order chi connectivity index (χ1) is 14.1. The standard InChI is InChI=1S/C20H17ClN6OS/c1-3-13-7-4-5-10-16(13)27-12(2)17(24-26-27)18-22-20(29-25-18)23-19(28)14-8-6-9-15(21)11-14/h4-11H,3H2,1-2H3,(H,22,23,25,28). The molecule has 29 heavy (non-hydrogen) atoms. The molecule has 0 saturated carbocycles. The van der Waals surface area contributed by atoms with Gasteiger partial charge in [-0.1, -0.05) is 48.0 Å². The summed E-state index contributed by atoms with van der Waals surface area (Å²) in [5.74, 6) is 0.126. The lowest BCUT2D eigenvalue weighted by molar-refractivity contribution is 0.102. The van der Waals surface area contributed by atoms with Crippen LogP contribution in [0.5, 0.6) is 0 Å². The zero-order valence-electron chi connectivity index (χ0n) is 15.8. The Morgan fingerprint density at radius 2 is 2.03 bits per heavy atom. The number of para-hydroxylation sites is 1. The van der Waals surface area contributed by atoms with E-state index in [1.165, 1.54) is 5.56 Å². The zero-order chi connectivity index (χ0) is 20.4. The van der Waals surface area contributed by atoms with Gasteiger partial charge in [-0.05, 0) is 43.2 Å². The van der Waals surface area contributed by atoms with Crippen LogP contribution in [-0.2, 0) is 6.42 Å². The molecule has 0 bridgehead atoms. The van der Waals surface area contributed by atoms with Crippen molar-refractivity contribution in [2.24, 2.45) is 0 Å². The van der Waals surface area contributed by atoms with E-state index in [-0.39, 0.29) is 5.91 Å². The maximum absolute atomic E-state index is 12.4. The van der Waals surface area contributed by atoms with Crippen molar-refractivity contribution >= 4 is 34.2 Å². The second-order valence-electron chi connectivity index (χ2n) is 6.31. The third-order valence-electron chi connectivity index (χ3n) is 4.44.